The van der Waals surface area contributed by atoms with Gasteiger partial charge < -0.3 is 10.2 Å². The van der Waals surface area contributed by atoms with Crippen LogP contribution in [0, 0.1) is 0 Å². The van der Waals surface area contributed by atoms with E-state index >= 15 is 0 Å². The van der Waals surface area contributed by atoms with E-state index < -0.39 is 0 Å². The number of benzene rings is 3. The van der Waals surface area contributed by atoms with Gasteiger partial charge in [0.2, 0.25) is 0 Å². The number of hydrogen-bond acceptors (Lipinski definition) is 3. The summed E-state index contributed by atoms with van der Waals surface area (Å²) in [6, 6.07) is 12.4. The van der Waals surface area contributed by atoms with Gasteiger partial charge in [-0.15, -0.1) is 0 Å². The molecule has 0 spiro atoms. The lowest BCUT2D eigenvalue weighted by molar-refractivity contribution is 0.112. The summed E-state index contributed by atoms with van der Waals surface area (Å²) in [6.07, 6.45) is 0.677. The Morgan fingerprint density at radius 3 is 2.17 bits per heavy atom. The minimum atomic E-state index is -0.244. The first-order chi connectivity index (χ1) is 8.74. The van der Waals surface area contributed by atoms with Crippen molar-refractivity contribution in [2.45, 2.75) is 0 Å². The predicted molar refractivity (Wildman–Crippen MR) is 70.2 cm³/mol. The van der Waals surface area contributed by atoms with Crippen molar-refractivity contribution in [2.24, 2.45) is 0 Å². The molecule has 0 aliphatic heterocycles. The highest BCUT2D eigenvalue weighted by atomic mass is 16.3. The third-order valence-corrected chi connectivity index (χ3v) is 3.16. The van der Waals surface area contributed by atoms with Gasteiger partial charge in [-0.1, -0.05) is 42.5 Å². The van der Waals surface area contributed by atoms with Crippen LogP contribution in [0.4, 0.5) is 0 Å². The molecule has 0 atom stereocenters. The molecule has 0 saturated heterocycles. The van der Waals surface area contributed by atoms with Crippen molar-refractivity contribution in [3.8, 4) is 11.5 Å². The minimum Gasteiger partial charge on any atom is -0.504 e. The summed E-state index contributed by atoms with van der Waals surface area (Å²) in [7, 11) is 0. The molecule has 0 heterocycles. The van der Waals surface area contributed by atoms with Crippen LogP contribution < -0.4 is 0 Å². The first-order valence-corrected chi connectivity index (χ1v) is 5.54. The molecule has 18 heavy (non-hydrogen) atoms. The van der Waals surface area contributed by atoms with Crippen LogP contribution in [-0.2, 0) is 0 Å². The van der Waals surface area contributed by atoms with E-state index in [1.807, 2.05) is 18.2 Å². The van der Waals surface area contributed by atoms with Gasteiger partial charge in [-0.3, -0.25) is 4.79 Å². The Bertz CT molecular complexity index is 775. The maximum absolute atomic E-state index is 11.0. The molecule has 0 amide bonds. The van der Waals surface area contributed by atoms with Crippen LogP contribution in [0.15, 0.2) is 42.5 Å². The van der Waals surface area contributed by atoms with E-state index in [0.717, 1.165) is 10.8 Å². The van der Waals surface area contributed by atoms with Crippen molar-refractivity contribution >= 4 is 27.8 Å². The molecule has 3 nitrogen and oxygen atoms in total. The Morgan fingerprint density at radius 2 is 1.44 bits per heavy atom. The number of fused-ring (bicyclic) bond motifs is 3. The van der Waals surface area contributed by atoms with Crippen LogP contribution in [0.5, 0.6) is 11.5 Å². The Morgan fingerprint density at radius 1 is 0.778 bits per heavy atom. The smallest absolute Gasteiger partial charge is 0.166 e. The fourth-order valence-corrected chi connectivity index (χ4v) is 2.33. The van der Waals surface area contributed by atoms with Gasteiger partial charge in [-0.25, -0.2) is 0 Å². The Hall–Kier alpha value is -2.55. The standard InChI is InChI=1S/C15H10O3/c16-8-9-4-3-7-11-10-5-1-2-6-12(10)14(17)15(18)13(9)11/h1-8,17-18H. The summed E-state index contributed by atoms with van der Waals surface area (Å²) in [5, 5.41) is 22.6. The van der Waals surface area contributed by atoms with Gasteiger partial charge >= 0.3 is 0 Å². The Labute approximate surface area is 103 Å². The number of aldehydes is 1. The average molecular weight is 238 g/mol. The number of carbonyl (C=O) groups excluding carboxylic acids is 1. The summed E-state index contributed by atoms with van der Waals surface area (Å²) in [4.78, 5) is 11.0. The quantitative estimate of drug-likeness (QED) is 0.389. The number of aromatic hydroxyl groups is 2. The molecule has 3 rings (SSSR count). The molecular weight excluding hydrogens is 228 g/mol. The molecule has 3 aromatic carbocycles. The number of hydrogen-bond donors (Lipinski definition) is 2. The van der Waals surface area contributed by atoms with Crippen molar-refractivity contribution in [2.75, 3.05) is 0 Å². The van der Waals surface area contributed by atoms with Crippen molar-refractivity contribution in [1.82, 2.24) is 0 Å². The maximum atomic E-state index is 11.0. The van der Waals surface area contributed by atoms with Gasteiger partial charge in [0.25, 0.3) is 0 Å². The average Bonchev–Trinajstić information content (AvgIpc) is 2.44. The molecule has 0 aliphatic carbocycles. The highest BCUT2D eigenvalue weighted by molar-refractivity contribution is 6.17. The van der Waals surface area contributed by atoms with Gasteiger partial charge in [-0.05, 0) is 10.8 Å². The summed E-state index contributed by atoms with van der Waals surface area (Å²) in [5.41, 5.74) is 0.367. The number of rotatable bonds is 1. The lowest BCUT2D eigenvalue weighted by Gasteiger charge is -2.10. The molecule has 0 aromatic heterocycles. The second-order valence-corrected chi connectivity index (χ2v) is 4.13. The number of phenols is 2. The summed E-state index contributed by atoms with van der Waals surface area (Å²) >= 11 is 0. The summed E-state index contributed by atoms with van der Waals surface area (Å²) < 4.78 is 0. The normalized spacial score (nSPS) is 10.9. The van der Waals surface area contributed by atoms with Gasteiger partial charge in [0.15, 0.2) is 17.8 Å². The molecule has 0 fully saturated rings. The second kappa shape index (κ2) is 3.74. The number of phenolic OH excluding ortho intramolecular Hbond substituents is 2. The van der Waals surface area contributed by atoms with Gasteiger partial charge in [-0.2, -0.15) is 0 Å². The molecular formula is C15H10O3. The van der Waals surface area contributed by atoms with Crippen molar-refractivity contribution < 1.29 is 15.0 Å². The van der Waals surface area contributed by atoms with E-state index in [4.69, 9.17) is 0 Å². The SMILES string of the molecule is O=Cc1cccc2c1c(O)c(O)c1ccccc12. The topological polar surface area (TPSA) is 57.5 Å². The molecule has 88 valence electrons. The van der Waals surface area contributed by atoms with Gasteiger partial charge in [0.05, 0.1) is 0 Å². The van der Waals surface area contributed by atoms with Gasteiger partial charge in [0, 0.05) is 16.3 Å². The highest BCUT2D eigenvalue weighted by Gasteiger charge is 2.14. The zero-order valence-corrected chi connectivity index (χ0v) is 9.42. The third kappa shape index (κ3) is 1.27. The molecule has 0 saturated carbocycles. The monoisotopic (exact) mass is 238 g/mol. The minimum absolute atomic E-state index is 0.188. The third-order valence-electron chi connectivity index (χ3n) is 3.16. The Kier molecular flexibility index (Phi) is 2.20. The molecule has 0 bridgehead atoms. The van der Waals surface area contributed by atoms with Crippen LogP contribution in [0.2, 0.25) is 0 Å². The Balaban J connectivity index is 2.68. The maximum Gasteiger partial charge on any atom is 0.166 e. The van der Waals surface area contributed by atoms with E-state index in [0.29, 0.717) is 22.6 Å². The van der Waals surface area contributed by atoms with E-state index in [9.17, 15) is 15.0 Å². The molecule has 0 aliphatic rings. The number of carbonyl (C=O) groups is 1. The fourth-order valence-electron chi connectivity index (χ4n) is 2.33. The van der Waals surface area contributed by atoms with E-state index in [1.165, 1.54) is 0 Å². The lowest BCUT2D eigenvalue weighted by atomic mass is 9.97. The van der Waals surface area contributed by atoms with Crippen molar-refractivity contribution in [3.63, 3.8) is 0 Å². The van der Waals surface area contributed by atoms with E-state index in [2.05, 4.69) is 0 Å². The second-order valence-electron chi connectivity index (χ2n) is 4.13. The fraction of sp³-hybridized carbons (Fsp3) is 0. The summed E-state index contributed by atoms with van der Waals surface area (Å²) in [5.74, 6) is -0.432. The van der Waals surface area contributed by atoms with E-state index in [-0.39, 0.29) is 11.5 Å². The van der Waals surface area contributed by atoms with Crippen molar-refractivity contribution in [3.05, 3.63) is 48.0 Å². The molecule has 0 radical (unpaired) electrons. The zero-order valence-electron chi connectivity index (χ0n) is 9.42. The highest BCUT2D eigenvalue weighted by Crippen LogP contribution is 2.42. The van der Waals surface area contributed by atoms with Crippen LogP contribution in [0.3, 0.4) is 0 Å². The van der Waals surface area contributed by atoms with Gasteiger partial charge in [0.1, 0.15) is 0 Å². The lowest BCUT2D eigenvalue weighted by Crippen LogP contribution is -1.87. The first-order valence-electron chi connectivity index (χ1n) is 5.54. The molecule has 3 aromatic rings. The predicted octanol–water partition coefficient (Wildman–Crippen LogP) is 3.22. The van der Waals surface area contributed by atoms with E-state index in [1.54, 1.807) is 24.3 Å². The van der Waals surface area contributed by atoms with Crippen molar-refractivity contribution in [1.29, 1.82) is 0 Å². The van der Waals surface area contributed by atoms with Crippen LogP contribution in [0.25, 0.3) is 21.5 Å². The van der Waals surface area contributed by atoms with Crippen LogP contribution in [-0.4, -0.2) is 16.5 Å². The zero-order chi connectivity index (χ0) is 12.7. The molecule has 0 unspecified atom stereocenters. The largest absolute Gasteiger partial charge is 0.504 e. The first kappa shape index (κ1) is 10.6. The molecule has 3 heteroatoms. The summed E-state index contributed by atoms with van der Waals surface area (Å²) in [6.45, 7) is 0. The van der Waals surface area contributed by atoms with Crippen LogP contribution in [0.1, 0.15) is 10.4 Å². The van der Waals surface area contributed by atoms with Crippen LogP contribution >= 0.6 is 0 Å². The molecule has 2 N–H and O–H groups in total.